The van der Waals surface area contributed by atoms with E-state index in [2.05, 4.69) is 36.6 Å². The highest BCUT2D eigenvalue weighted by Crippen LogP contribution is 2.30. The molecule has 0 bridgehead atoms. The van der Waals surface area contributed by atoms with Crippen LogP contribution in [-0.4, -0.2) is 15.5 Å². The van der Waals surface area contributed by atoms with E-state index in [1.807, 2.05) is 0 Å². The van der Waals surface area contributed by atoms with Crippen molar-refractivity contribution in [2.24, 2.45) is 0 Å². The molecule has 0 aliphatic carbocycles. The van der Waals surface area contributed by atoms with Crippen LogP contribution in [-0.2, 0) is 15.8 Å². The lowest BCUT2D eigenvalue weighted by Crippen LogP contribution is -2.20. The molecule has 0 amide bonds. The maximum atomic E-state index is 11.3. The molecule has 0 spiro atoms. The van der Waals surface area contributed by atoms with Gasteiger partial charge in [-0.15, -0.1) is 0 Å². The van der Waals surface area contributed by atoms with Crippen molar-refractivity contribution in [3.05, 3.63) is 26.6 Å². The summed E-state index contributed by atoms with van der Waals surface area (Å²) >= 11 is 6.51. The van der Waals surface area contributed by atoms with Crippen LogP contribution in [0.4, 0.5) is 5.69 Å². The van der Waals surface area contributed by atoms with Crippen molar-refractivity contribution >= 4 is 47.6 Å². The van der Waals surface area contributed by atoms with Gasteiger partial charge in [-0.3, -0.25) is 0 Å². The minimum atomic E-state index is -3.25. The molecule has 4 nitrogen and oxygen atoms in total. The van der Waals surface area contributed by atoms with Gasteiger partial charge in [0.15, 0.2) is 0 Å². The minimum absolute atomic E-state index is 0.0685. The lowest BCUT2D eigenvalue weighted by Gasteiger charge is -2.07. The van der Waals surface area contributed by atoms with Crippen LogP contribution in [0.5, 0.6) is 0 Å². The van der Waals surface area contributed by atoms with Gasteiger partial charge >= 0.3 is 0 Å². The van der Waals surface area contributed by atoms with Crippen LogP contribution in [0.3, 0.4) is 0 Å². The highest BCUT2D eigenvalue weighted by atomic mass is 79.9. The summed E-state index contributed by atoms with van der Waals surface area (Å²) in [4.78, 5) is 0. The lowest BCUT2D eigenvalue weighted by atomic mass is 10.2. The van der Waals surface area contributed by atoms with Crippen LogP contribution in [0.2, 0.25) is 0 Å². The van der Waals surface area contributed by atoms with Crippen molar-refractivity contribution in [3.8, 4) is 0 Å². The lowest BCUT2D eigenvalue weighted by molar-refractivity contribution is 0.587. The van der Waals surface area contributed by atoms with Crippen molar-refractivity contribution in [3.63, 3.8) is 0 Å². The molecule has 1 aromatic rings. The predicted octanol–water partition coefficient (Wildman–Crippen LogP) is 1.84. The fraction of sp³-hybridized carbons (Fsp3) is 0.250. The van der Waals surface area contributed by atoms with E-state index in [9.17, 15) is 8.42 Å². The first-order valence-corrected chi connectivity index (χ1v) is 7.24. The topological polar surface area (TPSA) is 72.2 Å². The Morgan fingerprint density at radius 2 is 1.80 bits per heavy atom. The molecule has 3 N–H and O–H groups in total. The first-order valence-electron chi connectivity index (χ1n) is 4.00. The van der Waals surface area contributed by atoms with Crippen LogP contribution < -0.4 is 10.5 Å². The molecular weight excluding hydrogens is 348 g/mol. The summed E-state index contributed by atoms with van der Waals surface area (Å²) in [5.74, 6) is -0.0685. The van der Waals surface area contributed by atoms with Gasteiger partial charge in [-0.1, -0.05) is 0 Å². The highest BCUT2D eigenvalue weighted by molar-refractivity contribution is 9.11. The number of sulfonamides is 1. The van der Waals surface area contributed by atoms with Crippen LogP contribution >= 0.6 is 31.9 Å². The zero-order chi connectivity index (χ0) is 11.6. The molecular formula is C8H10Br2N2O2S. The summed E-state index contributed by atoms with van der Waals surface area (Å²) in [5.41, 5.74) is 6.91. The molecule has 0 unspecified atom stereocenters. The Kier molecular flexibility index (Phi) is 4.16. The molecule has 0 atom stereocenters. The second-order valence-corrected chi connectivity index (χ2v) is 6.57. The SMILES string of the molecule is CNS(=O)(=O)Cc1cc(Br)c(N)c(Br)c1. The number of halogens is 2. The maximum absolute atomic E-state index is 11.3. The summed E-state index contributed by atoms with van der Waals surface area (Å²) in [5, 5.41) is 0. The zero-order valence-electron chi connectivity index (χ0n) is 7.92. The van der Waals surface area contributed by atoms with Crippen molar-refractivity contribution in [2.75, 3.05) is 12.8 Å². The van der Waals surface area contributed by atoms with E-state index in [-0.39, 0.29) is 5.75 Å². The average molecular weight is 358 g/mol. The molecule has 1 aromatic carbocycles. The number of rotatable bonds is 3. The Morgan fingerprint density at radius 1 is 1.33 bits per heavy atom. The molecule has 7 heteroatoms. The normalized spacial score (nSPS) is 11.7. The monoisotopic (exact) mass is 356 g/mol. The van der Waals surface area contributed by atoms with E-state index in [1.165, 1.54) is 7.05 Å². The first-order chi connectivity index (χ1) is 6.85. The van der Waals surface area contributed by atoms with E-state index < -0.39 is 10.0 Å². The molecule has 0 saturated heterocycles. The number of benzene rings is 1. The third kappa shape index (κ3) is 3.44. The molecule has 0 heterocycles. The Bertz CT molecular complexity index is 451. The van der Waals surface area contributed by atoms with Crippen LogP contribution in [0.15, 0.2) is 21.1 Å². The predicted molar refractivity (Wildman–Crippen MR) is 67.9 cm³/mol. The van der Waals surface area contributed by atoms with Gasteiger partial charge in [0.2, 0.25) is 10.0 Å². The van der Waals surface area contributed by atoms with Gasteiger partial charge in [-0.2, -0.15) is 0 Å². The fourth-order valence-electron chi connectivity index (χ4n) is 1.01. The van der Waals surface area contributed by atoms with E-state index in [0.29, 0.717) is 20.2 Å². The van der Waals surface area contributed by atoms with E-state index >= 15 is 0 Å². The minimum Gasteiger partial charge on any atom is -0.397 e. The average Bonchev–Trinajstić information content (AvgIpc) is 2.13. The van der Waals surface area contributed by atoms with Gasteiger partial charge in [0.25, 0.3) is 0 Å². The largest absolute Gasteiger partial charge is 0.397 e. The molecule has 0 radical (unpaired) electrons. The van der Waals surface area contributed by atoms with E-state index in [1.54, 1.807) is 12.1 Å². The Morgan fingerprint density at radius 3 is 2.20 bits per heavy atom. The molecule has 0 aromatic heterocycles. The second-order valence-electron chi connectivity index (χ2n) is 2.94. The maximum Gasteiger partial charge on any atom is 0.215 e. The highest BCUT2D eigenvalue weighted by Gasteiger charge is 2.11. The van der Waals surface area contributed by atoms with Crippen molar-refractivity contribution in [1.82, 2.24) is 4.72 Å². The van der Waals surface area contributed by atoms with Crippen molar-refractivity contribution < 1.29 is 8.42 Å². The summed E-state index contributed by atoms with van der Waals surface area (Å²) in [6.45, 7) is 0. The second kappa shape index (κ2) is 4.82. The zero-order valence-corrected chi connectivity index (χ0v) is 11.9. The summed E-state index contributed by atoms with van der Waals surface area (Å²) in [6, 6.07) is 3.38. The Labute approximate surface area is 106 Å². The van der Waals surface area contributed by atoms with E-state index in [4.69, 9.17) is 5.73 Å². The quantitative estimate of drug-likeness (QED) is 0.811. The number of nitrogens with one attached hydrogen (secondary N) is 1. The van der Waals surface area contributed by atoms with Crippen LogP contribution in [0.25, 0.3) is 0 Å². The molecule has 84 valence electrons. The number of nitrogen functional groups attached to an aromatic ring is 1. The van der Waals surface area contributed by atoms with Gasteiger partial charge in [0.1, 0.15) is 0 Å². The first kappa shape index (κ1) is 13.0. The summed E-state index contributed by atoms with van der Waals surface area (Å²) < 4.78 is 26.2. The number of hydrogen-bond acceptors (Lipinski definition) is 3. The van der Waals surface area contributed by atoms with Gasteiger partial charge in [0, 0.05) is 8.95 Å². The molecule has 0 aliphatic rings. The number of hydrogen-bond donors (Lipinski definition) is 2. The van der Waals surface area contributed by atoms with Crippen LogP contribution in [0, 0.1) is 0 Å². The van der Waals surface area contributed by atoms with Gasteiger partial charge < -0.3 is 5.73 Å². The molecule has 0 fully saturated rings. The molecule has 0 aliphatic heterocycles. The van der Waals surface area contributed by atoms with Crippen molar-refractivity contribution in [2.45, 2.75) is 5.75 Å². The molecule has 15 heavy (non-hydrogen) atoms. The smallest absolute Gasteiger partial charge is 0.215 e. The number of anilines is 1. The van der Waals surface area contributed by atoms with E-state index in [0.717, 1.165) is 0 Å². The number of nitrogens with two attached hydrogens (primary N) is 1. The third-order valence-corrected chi connectivity index (χ3v) is 4.45. The summed E-state index contributed by atoms with van der Waals surface area (Å²) in [7, 11) is -1.87. The standard InChI is InChI=1S/C8H10Br2N2O2S/c1-12-15(13,14)4-5-2-6(9)8(11)7(10)3-5/h2-3,12H,4,11H2,1H3. The third-order valence-electron chi connectivity index (χ3n) is 1.81. The molecule has 1 rings (SSSR count). The van der Waals surface area contributed by atoms with Gasteiger partial charge in [-0.25, -0.2) is 13.1 Å². The van der Waals surface area contributed by atoms with Crippen LogP contribution in [0.1, 0.15) is 5.56 Å². The molecule has 0 saturated carbocycles. The van der Waals surface area contributed by atoms with Gasteiger partial charge in [-0.05, 0) is 56.6 Å². The van der Waals surface area contributed by atoms with Gasteiger partial charge in [0.05, 0.1) is 11.4 Å². The Hall–Kier alpha value is -0.110. The fourth-order valence-corrected chi connectivity index (χ4v) is 3.04. The van der Waals surface area contributed by atoms with Crippen molar-refractivity contribution in [1.29, 1.82) is 0 Å². The summed E-state index contributed by atoms with van der Waals surface area (Å²) in [6.07, 6.45) is 0. The Balaban J connectivity index is 3.08.